The van der Waals surface area contributed by atoms with E-state index in [0.717, 1.165) is 29.3 Å². The molecular formula is C23H18FN3O2S. The van der Waals surface area contributed by atoms with Gasteiger partial charge in [-0.1, -0.05) is 42.1 Å². The SMILES string of the molecule is O=C(NC1CC1)C(Sc1nc(-c2ccco2)nc2ccccc12)c1ccc(F)cc1. The lowest BCUT2D eigenvalue weighted by molar-refractivity contribution is -0.120. The number of aromatic nitrogens is 2. The molecule has 1 aliphatic carbocycles. The number of carbonyl (C=O) groups excluding carboxylic acids is 1. The summed E-state index contributed by atoms with van der Waals surface area (Å²) < 4.78 is 19.0. The quantitative estimate of drug-likeness (QED) is 0.346. The molecule has 150 valence electrons. The third kappa shape index (κ3) is 3.93. The third-order valence-corrected chi connectivity index (χ3v) is 6.13. The highest BCUT2D eigenvalue weighted by atomic mass is 32.2. The Morgan fingerprint density at radius 3 is 2.60 bits per heavy atom. The number of nitrogens with zero attached hydrogens (tertiary/aromatic N) is 2. The van der Waals surface area contributed by atoms with Crippen molar-refractivity contribution < 1.29 is 13.6 Å². The molecule has 1 N–H and O–H groups in total. The van der Waals surface area contributed by atoms with Crippen LogP contribution in [0.3, 0.4) is 0 Å². The van der Waals surface area contributed by atoms with E-state index >= 15 is 0 Å². The molecule has 5 nitrogen and oxygen atoms in total. The highest BCUT2D eigenvalue weighted by molar-refractivity contribution is 8.00. The fourth-order valence-electron chi connectivity index (χ4n) is 3.18. The van der Waals surface area contributed by atoms with Gasteiger partial charge in [-0.05, 0) is 48.7 Å². The van der Waals surface area contributed by atoms with Gasteiger partial charge in [0.15, 0.2) is 11.6 Å². The van der Waals surface area contributed by atoms with Crippen LogP contribution in [0.25, 0.3) is 22.5 Å². The van der Waals surface area contributed by atoms with Crippen molar-refractivity contribution in [3.63, 3.8) is 0 Å². The lowest BCUT2D eigenvalue weighted by atomic mass is 10.1. The molecule has 1 atom stereocenters. The average Bonchev–Trinajstić information content (AvgIpc) is 3.40. The van der Waals surface area contributed by atoms with E-state index < -0.39 is 5.25 Å². The van der Waals surface area contributed by atoms with Gasteiger partial charge in [-0.3, -0.25) is 4.79 Å². The van der Waals surface area contributed by atoms with Crippen molar-refractivity contribution in [3.8, 4) is 11.6 Å². The van der Waals surface area contributed by atoms with E-state index in [1.54, 1.807) is 30.5 Å². The molecule has 30 heavy (non-hydrogen) atoms. The van der Waals surface area contributed by atoms with Crippen LogP contribution in [0.2, 0.25) is 0 Å². The number of furan rings is 1. The average molecular weight is 419 g/mol. The molecule has 1 aliphatic rings. The predicted molar refractivity (Wildman–Crippen MR) is 113 cm³/mol. The summed E-state index contributed by atoms with van der Waals surface area (Å²) in [6, 6.07) is 17.5. The lowest BCUT2D eigenvalue weighted by Crippen LogP contribution is -2.29. The summed E-state index contributed by atoms with van der Waals surface area (Å²) in [4.78, 5) is 22.4. The van der Waals surface area contributed by atoms with E-state index in [2.05, 4.69) is 10.3 Å². The minimum atomic E-state index is -0.561. The number of fused-ring (bicyclic) bond motifs is 1. The largest absolute Gasteiger partial charge is 0.461 e. The molecule has 1 unspecified atom stereocenters. The van der Waals surface area contributed by atoms with Crippen LogP contribution >= 0.6 is 11.8 Å². The van der Waals surface area contributed by atoms with Crippen LogP contribution in [-0.2, 0) is 4.79 Å². The van der Waals surface area contributed by atoms with Crippen molar-refractivity contribution in [2.24, 2.45) is 0 Å². The zero-order chi connectivity index (χ0) is 20.5. The molecule has 0 saturated heterocycles. The van der Waals surface area contributed by atoms with Gasteiger partial charge in [0, 0.05) is 11.4 Å². The fraction of sp³-hybridized carbons (Fsp3) is 0.174. The molecule has 0 spiro atoms. The number of hydrogen-bond donors (Lipinski definition) is 1. The Labute approximate surface area is 176 Å². The van der Waals surface area contributed by atoms with E-state index in [4.69, 9.17) is 9.40 Å². The van der Waals surface area contributed by atoms with Crippen LogP contribution in [0.1, 0.15) is 23.7 Å². The van der Waals surface area contributed by atoms with Gasteiger partial charge in [0.2, 0.25) is 5.91 Å². The summed E-state index contributed by atoms with van der Waals surface area (Å²) in [6.07, 6.45) is 3.56. The van der Waals surface area contributed by atoms with Crippen molar-refractivity contribution in [2.75, 3.05) is 0 Å². The molecule has 4 aromatic rings. The van der Waals surface area contributed by atoms with Gasteiger partial charge in [-0.25, -0.2) is 14.4 Å². The summed E-state index contributed by atoms with van der Waals surface area (Å²) in [6.45, 7) is 0. The van der Waals surface area contributed by atoms with Crippen LogP contribution in [0.4, 0.5) is 4.39 Å². The first-order valence-corrected chi connectivity index (χ1v) is 10.6. The Hall–Kier alpha value is -3.19. The number of para-hydroxylation sites is 1. The molecule has 7 heteroatoms. The van der Waals surface area contributed by atoms with Gasteiger partial charge in [-0.15, -0.1) is 0 Å². The maximum absolute atomic E-state index is 13.5. The number of carbonyl (C=O) groups is 1. The zero-order valence-electron chi connectivity index (χ0n) is 15.9. The van der Waals surface area contributed by atoms with Crippen LogP contribution in [0, 0.1) is 5.82 Å². The first kappa shape index (κ1) is 18.8. The Bertz CT molecular complexity index is 1190. The fourth-order valence-corrected chi connectivity index (χ4v) is 4.31. The molecule has 5 rings (SSSR count). The van der Waals surface area contributed by atoms with Gasteiger partial charge in [0.05, 0.1) is 11.8 Å². The maximum atomic E-state index is 13.5. The monoisotopic (exact) mass is 419 g/mol. The Morgan fingerprint density at radius 1 is 1.07 bits per heavy atom. The Kier molecular flexibility index (Phi) is 4.96. The Morgan fingerprint density at radius 2 is 1.87 bits per heavy atom. The van der Waals surface area contributed by atoms with Crippen molar-refractivity contribution in [1.29, 1.82) is 0 Å². The van der Waals surface area contributed by atoms with E-state index in [-0.39, 0.29) is 17.8 Å². The normalized spacial score (nSPS) is 14.6. The smallest absolute Gasteiger partial charge is 0.238 e. The van der Waals surface area contributed by atoms with E-state index in [1.807, 2.05) is 24.3 Å². The van der Waals surface area contributed by atoms with Crippen molar-refractivity contribution in [3.05, 3.63) is 78.3 Å². The molecule has 1 saturated carbocycles. The van der Waals surface area contributed by atoms with Crippen LogP contribution < -0.4 is 5.32 Å². The summed E-state index contributed by atoms with van der Waals surface area (Å²) in [7, 11) is 0. The molecular weight excluding hydrogens is 401 g/mol. The number of halogens is 1. The Balaban J connectivity index is 1.57. The standard InChI is InChI=1S/C23H18FN3O2S/c24-15-9-7-14(8-10-15)20(22(28)25-16-11-12-16)30-23-17-4-1-2-5-18(17)26-21(27-23)19-6-3-13-29-19/h1-10,13,16,20H,11-12H2,(H,25,28). The number of amides is 1. The summed E-state index contributed by atoms with van der Waals surface area (Å²) in [5.74, 6) is 0.582. The van der Waals surface area contributed by atoms with Crippen LogP contribution in [-0.4, -0.2) is 21.9 Å². The van der Waals surface area contributed by atoms with Gasteiger partial charge in [0.1, 0.15) is 16.1 Å². The van der Waals surface area contributed by atoms with E-state index in [9.17, 15) is 9.18 Å². The molecule has 2 heterocycles. The number of nitrogens with one attached hydrogen (secondary N) is 1. The maximum Gasteiger partial charge on any atom is 0.238 e. The topological polar surface area (TPSA) is 68.0 Å². The minimum Gasteiger partial charge on any atom is -0.461 e. The van der Waals surface area contributed by atoms with Gasteiger partial charge in [-0.2, -0.15) is 0 Å². The van der Waals surface area contributed by atoms with Crippen LogP contribution in [0.5, 0.6) is 0 Å². The first-order valence-electron chi connectivity index (χ1n) is 9.70. The van der Waals surface area contributed by atoms with Crippen molar-refractivity contribution >= 4 is 28.6 Å². The second kappa shape index (κ2) is 7.91. The van der Waals surface area contributed by atoms with Gasteiger partial charge >= 0.3 is 0 Å². The number of benzene rings is 2. The molecule has 1 fully saturated rings. The van der Waals surface area contributed by atoms with Crippen LogP contribution in [0.15, 0.2) is 76.4 Å². The van der Waals surface area contributed by atoms with E-state index in [1.165, 1.54) is 23.9 Å². The number of thioether (sulfide) groups is 1. The molecule has 2 aromatic heterocycles. The first-order chi connectivity index (χ1) is 14.7. The number of hydrogen-bond acceptors (Lipinski definition) is 5. The van der Waals surface area contributed by atoms with Gasteiger partial charge < -0.3 is 9.73 Å². The van der Waals surface area contributed by atoms with Crippen molar-refractivity contribution in [2.45, 2.75) is 29.2 Å². The van der Waals surface area contributed by atoms with Crippen molar-refractivity contribution in [1.82, 2.24) is 15.3 Å². The second-order valence-electron chi connectivity index (χ2n) is 7.18. The minimum absolute atomic E-state index is 0.101. The molecule has 0 radical (unpaired) electrons. The summed E-state index contributed by atoms with van der Waals surface area (Å²) in [5.41, 5.74) is 1.49. The summed E-state index contributed by atoms with van der Waals surface area (Å²) >= 11 is 1.34. The second-order valence-corrected chi connectivity index (χ2v) is 8.27. The van der Waals surface area contributed by atoms with E-state index in [0.29, 0.717) is 16.6 Å². The molecule has 2 aromatic carbocycles. The summed E-state index contributed by atoms with van der Waals surface area (Å²) in [5, 5.41) is 4.03. The highest BCUT2D eigenvalue weighted by Crippen LogP contribution is 2.39. The molecule has 1 amide bonds. The lowest BCUT2D eigenvalue weighted by Gasteiger charge is -2.17. The van der Waals surface area contributed by atoms with Gasteiger partial charge in [0.25, 0.3) is 0 Å². The number of rotatable bonds is 6. The highest BCUT2D eigenvalue weighted by Gasteiger charge is 2.30. The zero-order valence-corrected chi connectivity index (χ0v) is 16.7. The molecule has 0 aliphatic heterocycles. The third-order valence-electron chi connectivity index (χ3n) is 4.87. The predicted octanol–water partition coefficient (Wildman–Crippen LogP) is 5.14. The molecule has 0 bridgehead atoms.